The summed E-state index contributed by atoms with van der Waals surface area (Å²) in [4.78, 5) is 17.4. The van der Waals surface area contributed by atoms with Gasteiger partial charge in [-0.3, -0.25) is 14.6 Å². The molecule has 0 aromatic heterocycles. The number of hydrogen-bond donors (Lipinski definition) is 1. The molecule has 1 amide bonds. The third-order valence-corrected chi connectivity index (χ3v) is 5.90. The Morgan fingerprint density at radius 1 is 1.09 bits per heavy atom. The Labute approximate surface area is 140 Å². The summed E-state index contributed by atoms with van der Waals surface area (Å²) in [6.07, 6.45) is 9.38. The molecule has 1 aliphatic carbocycles. The van der Waals surface area contributed by atoms with Gasteiger partial charge in [0.1, 0.15) is 0 Å². The lowest BCUT2D eigenvalue weighted by atomic mass is 9.94. The number of ether oxygens (including phenoxy) is 1. The molecular weight excluding hydrogens is 290 g/mol. The predicted molar refractivity (Wildman–Crippen MR) is 91.5 cm³/mol. The molecule has 0 radical (unpaired) electrons. The van der Waals surface area contributed by atoms with Gasteiger partial charge in [-0.05, 0) is 32.6 Å². The number of carbonyl (C=O) groups is 1. The van der Waals surface area contributed by atoms with E-state index in [0.717, 1.165) is 51.7 Å². The molecule has 2 aliphatic heterocycles. The van der Waals surface area contributed by atoms with E-state index in [0.29, 0.717) is 6.54 Å². The van der Waals surface area contributed by atoms with Crippen molar-refractivity contribution in [2.45, 2.75) is 70.1 Å². The van der Waals surface area contributed by atoms with Crippen LogP contribution in [0.4, 0.5) is 0 Å². The van der Waals surface area contributed by atoms with Crippen molar-refractivity contribution in [3.8, 4) is 0 Å². The fourth-order valence-corrected chi connectivity index (χ4v) is 4.27. The molecule has 1 N–H and O–H groups in total. The quantitative estimate of drug-likeness (QED) is 0.835. The first-order valence-corrected chi connectivity index (χ1v) is 9.61. The maximum atomic E-state index is 12.4. The van der Waals surface area contributed by atoms with Crippen LogP contribution in [0.5, 0.6) is 0 Å². The minimum atomic E-state index is -0.0232. The van der Waals surface area contributed by atoms with Crippen LogP contribution in [-0.4, -0.2) is 73.2 Å². The highest BCUT2D eigenvalue weighted by Gasteiger charge is 2.29. The van der Waals surface area contributed by atoms with Crippen LogP contribution in [-0.2, 0) is 9.53 Å². The van der Waals surface area contributed by atoms with Gasteiger partial charge in [-0.2, -0.15) is 0 Å². The normalized spacial score (nSPS) is 29.5. The Kier molecular flexibility index (Phi) is 6.31. The van der Waals surface area contributed by atoms with Crippen molar-refractivity contribution in [3.63, 3.8) is 0 Å². The molecule has 3 fully saturated rings. The summed E-state index contributed by atoms with van der Waals surface area (Å²) in [5.41, 5.74) is 0. The zero-order valence-corrected chi connectivity index (χ0v) is 14.6. The molecule has 23 heavy (non-hydrogen) atoms. The summed E-state index contributed by atoms with van der Waals surface area (Å²) in [6.45, 7) is 7.84. The largest absolute Gasteiger partial charge is 0.376 e. The lowest BCUT2D eigenvalue weighted by Gasteiger charge is -2.42. The lowest BCUT2D eigenvalue weighted by Crippen LogP contribution is -2.56. The standard InChI is InChI=1S/C18H33N3O2/c1-15(18(22)19-14-17-8-5-13-23-17)20-9-11-21(12-10-20)16-6-3-2-4-7-16/h15-17H,2-14H2,1H3,(H,19,22)/t15-,17-/m1/s1. The molecule has 5 heteroatoms. The Bertz CT molecular complexity index is 370. The molecule has 0 spiro atoms. The average Bonchev–Trinajstić information content (AvgIpc) is 3.13. The highest BCUT2D eigenvalue weighted by molar-refractivity contribution is 5.81. The summed E-state index contributed by atoms with van der Waals surface area (Å²) in [6, 6.07) is 0.777. The van der Waals surface area contributed by atoms with Gasteiger partial charge >= 0.3 is 0 Å². The number of piperazine rings is 1. The van der Waals surface area contributed by atoms with E-state index in [1.165, 1.54) is 32.1 Å². The number of hydrogen-bond acceptors (Lipinski definition) is 4. The molecule has 0 aromatic rings. The molecular formula is C18H33N3O2. The smallest absolute Gasteiger partial charge is 0.237 e. The zero-order chi connectivity index (χ0) is 16.1. The number of nitrogens with one attached hydrogen (secondary N) is 1. The molecule has 1 saturated carbocycles. The van der Waals surface area contributed by atoms with Crippen LogP contribution in [0.25, 0.3) is 0 Å². The summed E-state index contributed by atoms with van der Waals surface area (Å²) in [5.74, 6) is 0.159. The summed E-state index contributed by atoms with van der Waals surface area (Å²) >= 11 is 0. The average molecular weight is 323 g/mol. The number of carbonyl (C=O) groups excluding carboxylic acids is 1. The summed E-state index contributed by atoms with van der Waals surface area (Å²) in [7, 11) is 0. The molecule has 3 aliphatic rings. The van der Waals surface area contributed by atoms with Crippen LogP contribution in [0.15, 0.2) is 0 Å². The first kappa shape index (κ1) is 17.2. The van der Waals surface area contributed by atoms with Crippen LogP contribution in [0.3, 0.4) is 0 Å². The van der Waals surface area contributed by atoms with E-state index < -0.39 is 0 Å². The molecule has 2 atom stereocenters. The van der Waals surface area contributed by atoms with E-state index in [9.17, 15) is 4.79 Å². The molecule has 5 nitrogen and oxygen atoms in total. The molecule has 3 rings (SSSR count). The predicted octanol–water partition coefficient (Wildman–Crippen LogP) is 1.62. The molecule has 132 valence electrons. The van der Waals surface area contributed by atoms with E-state index >= 15 is 0 Å². The van der Waals surface area contributed by atoms with E-state index in [1.807, 2.05) is 6.92 Å². The minimum absolute atomic E-state index is 0.0232. The topological polar surface area (TPSA) is 44.8 Å². The second-order valence-electron chi connectivity index (χ2n) is 7.42. The minimum Gasteiger partial charge on any atom is -0.376 e. The highest BCUT2D eigenvalue weighted by atomic mass is 16.5. The Morgan fingerprint density at radius 2 is 1.83 bits per heavy atom. The number of rotatable bonds is 5. The van der Waals surface area contributed by atoms with E-state index in [2.05, 4.69) is 15.1 Å². The Balaban J connectivity index is 1.38. The van der Waals surface area contributed by atoms with E-state index in [1.54, 1.807) is 0 Å². The maximum absolute atomic E-state index is 12.4. The van der Waals surface area contributed by atoms with Gasteiger partial charge in [0.25, 0.3) is 0 Å². The summed E-state index contributed by atoms with van der Waals surface area (Å²) in [5, 5.41) is 3.08. The van der Waals surface area contributed by atoms with Crippen LogP contribution in [0.1, 0.15) is 51.9 Å². The monoisotopic (exact) mass is 323 g/mol. The van der Waals surface area contributed by atoms with Crippen molar-refractivity contribution in [2.75, 3.05) is 39.3 Å². The van der Waals surface area contributed by atoms with Crippen LogP contribution in [0, 0.1) is 0 Å². The van der Waals surface area contributed by atoms with Gasteiger partial charge in [0.2, 0.25) is 5.91 Å². The molecule has 2 saturated heterocycles. The van der Waals surface area contributed by atoms with Crippen LogP contribution >= 0.6 is 0 Å². The van der Waals surface area contributed by atoms with Gasteiger partial charge < -0.3 is 10.1 Å². The van der Waals surface area contributed by atoms with Gasteiger partial charge in [0, 0.05) is 45.4 Å². The van der Waals surface area contributed by atoms with Crippen LogP contribution in [0.2, 0.25) is 0 Å². The molecule has 0 bridgehead atoms. The third-order valence-electron chi connectivity index (χ3n) is 5.90. The van der Waals surface area contributed by atoms with Gasteiger partial charge in [0.05, 0.1) is 12.1 Å². The van der Waals surface area contributed by atoms with Gasteiger partial charge in [-0.1, -0.05) is 19.3 Å². The Morgan fingerprint density at radius 3 is 2.48 bits per heavy atom. The second kappa shape index (κ2) is 8.45. The van der Waals surface area contributed by atoms with Gasteiger partial charge in [-0.15, -0.1) is 0 Å². The number of amides is 1. The van der Waals surface area contributed by atoms with Crippen molar-refractivity contribution in [1.29, 1.82) is 0 Å². The fraction of sp³-hybridized carbons (Fsp3) is 0.944. The van der Waals surface area contributed by atoms with Crippen LogP contribution < -0.4 is 5.32 Å². The van der Waals surface area contributed by atoms with Crippen molar-refractivity contribution in [2.24, 2.45) is 0 Å². The first-order valence-electron chi connectivity index (χ1n) is 9.61. The maximum Gasteiger partial charge on any atom is 0.237 e. The molecule has 0 unspecified atom stereocenters. The SMILES string of the molecule is C[C@H](C(=O)NC[C@H]1CCCO1)N1CCN(C2CCCCC2)CC1. The van der Waals surface area contributed by atoms with Crippen molar-refractivity contribution < 1.29 is 9.53 Å². The van der Waals surface area contributed by atoms with Crippen molar-refractivity contribution >= 4 is 5.91 Å². The fourth-order valence-electron chi connectivity index (χ4n) is 4.27. The zero-order valence-electron chi connectivity index (χ0n) is 14.6. The second-order valence-corrected chi connectivity index (χ2v) is 7.42. The summed E-state index contributed by atoms with van der Waals surface area (Å²) < 4.78 is 5.57. The van der Waals surface area contributed by atoms with Crippen molar-refractivity contribution in [3.05, 3.63) is 0 Å². The Hall–Kier alpha value is -0.650. The number of nitrogens with zero attached hydrogens (tertiary/aromatic N) is 2. The van der Waals surface area contributed by atoms with Gasteiger partial charge in [-0.25, -0.2) is 0 Å². The third kappa shape index (κ3) is 4.68. The molecule has 2 heterocycles. The molecule has 0 aromatic carbocycles. The van der Waals surface area contributed by atoms with Gasteiger partial charge in [0.15, 0.2) is 0 Å². The van der Waals surface area contributed by atoms with Crippen molar-refractivity contribution in [1.82, 2.24) is 15.1 Å². The lowest BCUT2D eigenvalue weighted by molar-refractivity contribution is -0.127. The van der Waals surface area contributed by atoms with E-state index in [-0.39, 0.29) is 18.1 Å². The highest BCUT2D eigenvalue weighted by Crippen LogP contribution is 2.23. The first-order chi connectivity index (χ1) is 11.2. The van der Waals surface area contributed by atoms with E-state index in [4.69, 9.17) is 4.74 Å².